The van der Waals surface area contributed by atoms with Crippen molar-refractivity contribution in [1.29, 1.82) is 0 Å². The lowest BCUT2D eigenvalue weighted by Crippen LogP contribution is -2.37. The van der Waals surface area contributed by atoms with Crippen LogP contribution >= 0.6 is 0 Å². The van der Waals surface area contributed by atoms with Crippen LogP contribution < -0.4 is 5.32 Å². The number of ether oxygens (including phenoxy) is 1. The largest absolute Gasteiger partial charge is 0.380 e. The molecule has 2 rings (SSSR count). The highest BCUT2D eigenvalue weighted by Gasteiger charge is 2.17. The van der Waals surface area contributed by atoms with Gasteiger partial charge in [-0.3, -0.25) is 0 Å². The van der Waals surface area contributed by atoms with Crippen molar-refractivity contribution in [2.45, 2.75) is 45.2 Å². The zero-order chi connectivity index (χ0) is 12.1. The Hall–Kier alpha value is -0.860. The first-order chi connectivity index (χ1) is 8.24. The van der Waals surface area contributed by atoms with Crippen LogP contribution in [0.4, 0.5) is 0 Å². The second kappa shape index (κ2) is 6.18. The van der Waals surface area contributed by atoms with Gasteiger partial charge < -0.3 is 10.1 Å². The van der Waals surface area contributed by atoms with Gasteiger partial charge >= 0.3 is 0 Å². The molecule has 17 heavy (non-hydrogen) atoms. The zero-order valence-electron chi connectivity index (χ0n) is 10.9. The van der Waals surface area contributed by atoms with Crippen molar-refractivity contribution >= 4 is 0 Å². The Balaban J connectivity index is 1.73. The van der Waals surface area contributed by atoms with Crippen LogP contribution in [0.15, 0.2) is 24.3 Å². The molecule has 2 unspecified atom stereocenters. The van der Waals surface area contributed by atoms with E-state index < -0.39 is 0 Å². The highest BCUT2D eigenvalue weighted by Crippen LogP contribution is 2.10. The summed E-state index contributed by atoms with van der Waals surface area (Å²) >= 11 is 0. The number of hydrogen-bond acceptors (Lipinski definition) is 2. The number of rotatable bonds is 5. The van der Waals surface area contributed by atoms with Crippen molar-refractivity contribution in [3.8, 4) is 0 Å². The summed E-state index contributed by atoms with van der Waals surface area (Å²) in [5.41, 5.74) is 2.80. The average Bonchev–Trinajstić information content (AvgIpc) is 2.79. The van der Waals surface area contributed by atoms with Crippen LogP contribution in [0.3, 0.4) is 0 Å². The predicted octanol–water partition coefficient (Wildman–Crippen LogP) is 2.69. The van der Waals surface area contributed by atoms with Crippen molar-refractivity contribution in [2.24, 2.45) is 0 Å². The summed E-state index contributed by atoms with van der Waals surface area (Å²) in [5, 5.41) is 3.64. The standard InChI is InChI=1S/C15H23NO/c1-12-4-3-5-14(10-12)7-6-13(2)16-15-8-9-17-11-15/h3-5,10,13,15-16H,6-9,11H2,1-2H3. The van der Waals surface area contributed by atoms with Gasteiger partial charge in [-0.1, -0.05) is 29.8 Å². The predicted molar refractivity (Wildman–Crippen MR) is 71.3 cm³/mol. The molecule has 0 amide bonds. The van der Waals surface area contributed by atoms with Gasteiger partial charge in [0.2, 0.25) is 0 Å². The summed E-state index contributed by atoms with van der Waals surface area (Å²) in [7, 11) is 0. The Morgan fingerprint density at radius 2 is 2.35 bits per heavy atom. The highest BCUT2D eigenvalue weighted by atomic mass is 16.5. The van der Waals surface area contributed by atoms with Gasteiger partial charge in [-0.25, -0.2) is 0 Å². The normalized spacial score (nSPS) is 21.6. The molecule has 94 valence electrons. The lowest BCUT2D eigenvalue weighted by molar-refractivity contribution is 0.188. The van der Waals surface area contributed by atoms with Gasteiger partial charge in [0.25, 0.3) is 0 Å². The molecule has 0 aromatic heterocycles. The van der Waals surface area contributed by atoms with E-state index in [1.165, 1.54) is 17.5 Å². The highest BCUT2D eigenvalue weighted by molar-refractivity contribution is 5.22. The number of nitrogens with one attached hydrogen (secondary N) is 1. The number of benzene rings is 1. The van der Waals surface area contributed by atoms with Crippen LogP contribution in [0.2, 0.25) is 0 Å². The Bertz CT molecular complexity index is 345. The van der Waals surface area contributed by atoms with Gasteiger partial charge in [0.15, 0.2) is 0 Å². The second-order valence-electron chi connectivity index (χ2n) is 5.16. The molecule has 1 aromatic rings. The fourth-order valence-corrected chi connectivity index (χ4v) is 2.40. The SMILES string of the molecule is Cc1cccc(CCC(C)NC2CCOC2)c1. The van der Waals surface area contributed by atoms with Crippen LogP contribution in [-0.4, -0.2) is 25.3 Å². The fourth-order valence-electron chi connectivity index (χ4n) is 2.40. The molecule has 1 N–H and O–H groups in total. The first-order valence-electron chi connectivity index (χ1n) is 6.63. The maximum Gasteiger partial charge on any atom is 0.0620 e. The smallest absolute Gasteiger partial charge is 0.0620 e. The fraction of sp³-hybridized carbons (Fsp3) is 0.600. The van der Waals surface area contributed by atoms with Crippen LogP contribution in [-0.2, 0) is 11.2 Å². The lowest BCUT2D eigenvalue weighted by atomic mass is 10.0. The van der Waals surface area contributed by atoms with Gasteiger partial charge in [0.1, 0.15) is 0 Å². The molecule has 1 heterocycles. The second-order valence-corrected chi connectivity index (χ2v) is 5.16. The van der Waals surface area contributed by atoms with E-state index in [1.54, 1.807) is 0 Å². The van der Waals surface area contributed by atoms with Gasteiger partial charge in [-0.05, 0) is 38.7 Å². The minimum Gasteiger partial charge on any atom is -0.380 e. The first kappa shape index (κ1) is 12.6. The van der Waals surface area contributed by atoms with Crippen LogP contribution in [0, 0.1) is 6.92 Å². The van der Waals surface area contributed by atoms with Crippen molar-refractivity contribution in [1.82, 2.24) is 5.32 Å². The molecule has 1 fully saturated rings. The third-order valence-electron chi connectivity index (χ3n) is 3.40. The van der Waals surface area contributed by atoms with Crippen molar-refractivity contribution < 1.29 is 4.74 Å². The molecule has 1 aromatic carbocycles. The number of aryl methyl sites for hydroxylation is 2. The Kier molecular flexibility index (Phi) is 4.57. The van der Waals surface area contributed by atoms with Crippen molar-refractivity contribution in [3.63, 3.8) is 0 Å². The van der Waals surface area contributed by atoms with E-state index >= 15 is 0 Å². The Morgan fingerprint density at radius 3 is 3.06 bits per heavy atom. The molecule has 0 saturated carbocycles. The molecule has 0 bridgehead atoms. The summed E-state index contributed by atoms with van der Waals surface area (Å²) in [4.78, 5) is 0. The summed E-state index contributed by atoms with van der Waals surface area (Å²) in [6.07, 6.45) is 3.51. The molecule has 0 spiro atoms. The summed E-state index contributed by atoms with van der Waals surface area (Å²) in [6.45, 7) is 6.23. The van der Waals surface area contributed by atoms with Crippen molar-refractivity contribution in [3.05, 3.63) is 35.4 Å². The molecule has 1 aliphatic rings. The van der Waals surface area contributed by atoms with Gasteiger partial charge in [0.05, 0.1) is 6.61 Å². The molecule has 0 aliphatic carbocycles. The Labute approximate surface area is 104 Å². The first-order valence-corrected chi connectivity index (χ1v) is 6.63. The van der Waals surface area contributed by atoms with Gasteiger partial charge in [-0.2, -0.15) is 0 Å². The van der Waals surface area contributed by atoms with Crippen LogP contribution in [0.5, 0.6) is 0 Å². The third-order valence-corrected chi connectivity index (χ3v) is 3.40. The van der Waals surface area contributed by atoms with Crippen LogP contribution in [0.1, 0.15) is 30.9 Å². The van der Waals surface area contributed by atoms with Crippen LogP contribution in [0.25, 0.3) is 0 Å². The number of hydrogen-bond donors (Lipinski definition) is 1. The van der Waals surface area contributed by atoms with Crippen molar-refractivity contribution in [2.75, 3.05) is 13.2 Å². The molecular weight excluding hydrogens is 210 g/mol. The monoisotopic (exact) mass is 233 g/mol. The maximum atomic E-state index is 5.37. The molecule has 1 saturated heterocycles. The van der Waals surface area contributed by atoms with E-state index in [9.17, 15) is 0 Å². The summed E-state index contributed by atoms with van der Waals surface area (Å²) < 4.78 is 5.37. The minimum atomic E-state index is 0.571. The maximum absolute atomic E-state index is 5.37. The van der Waals surface area contributed by atoms with E-state index in [0.717, 1.165) is 26.1 Å². The average molecular weight is 233 g/mol. The summed E-state index contributed by atoms with van der Waals surface area (Å²) in [6, 6.07) is 9.95. The quantitative estimate of drug-likeness (QED) is 0.844. The molecule has 1 aliphatic heterocycles. The molecule has 2 heteroatoms. The molecular formula is C15H23NO. The van der Waals surface area contributed by atoms with E-state index in [2.05, 4.69) is 43.4 Å². The van der Waals surface area contributed by atoms with E-state index in [4.69, 9.17) is 4.74 Å². The third kappa shape index (κ3) is 4.14. The molecule has 0 radical (unpaired) electrons. The van der Waals surface area contributed by atoms with Gasteiger partial charge in [0, 0.05) is 18.7 Å². The van der Waals surface area contributed by atoms with E-state index in [-0.39, 0.29) is 0 Å². The Morgan fingerprint density at radius 1 is 1.47 bits per heavy atom. The topological polar surface area (TPSA) is 21.3 Å². The molecule has 2 atom stereocenters. The van der Waals surface area contributed by atoms with Gasteiger partial charge in [-0.15, -0.1) is 0 Å². The zero-order valence-corrected chi connectivity index (χ0v) is 10.9. The van der Waals surface area contributed by atoms with E-state index in [0.29, 0.717) is 12.1 Å². The lowest BCUT2D eigenvalue weighted by Gasteiger charge is -2.18. The summed E-state index contributed by atoms with van der Waals surface area (Å²) in [5.74, 6) is 0. The minimum absolute atomic E-state index is 0.571. The van der Waals surface area contributed by atoms with E-state index in [1.807, 2.05) is 0 Å². The molecule has 2 nitrogen and oxygen atoms in total.